The van der Waals surface area contributed by atoms with Crippen LogP contribution in [0.3, 0.4) is 0 Å². The fourth-order valence-electron chi connectivity index (χ4n) is 1.46. The molecule has 4 nitrogen and oxygen atoms in total. The van der Waals surface area contributed by atoms with Crippen molar-refractivity contribution in [3.8, 4) is 0 Å². The Balaban J connectivity index is 2.66. The third-order valence-electron chi connectivity index (χ3n) is 2.34. The number of pyridine rings is 1. The number of thioether (sulfide) groups is 1. The minimum Gasteiger partial charge on any atom is -0.465 e. The van der Waals surface area contributed by atoms with Gasteiger partial charge in [0.15, 0.2) is 0 Å². The maximum atomic E-state index is 11.6. The van der Waals surface area contributed by atoms with Gasteiger partial charge < -0.3 is 10.5 Å². The van der Waals surface area contributed by atoms with Crippen LogP contribution in [0.25, 0.3) is 0 Å². The minimum atomic E-state index is -0.986. The smallest absolute Gasteiger partial charge is 0.326 e. The molecule has 0 amide bonds. The van der Waals surface area contributed by atoms with E-state index < -0.39 is 5.54 Å². The molecule has 0 aliphatic carbocycles. The Hall–Kier alpha value is -1.07. The van der Waals surface area contributed by atoms with Crippen LogP contribution < -0.4 is 5.73 Å². The molecule has 0 bridgehead atoms. The number of aromatic nitrogens is 1. The van der Waals surface area contributed by atoms with Gasteiger partial charge in [0.2, 0.25) is 0 Å². The van der Waals surface area contributed by atoms with Gasteiger partial charge in [0.25, 0.3) is 0 Å². The molecule has 1 heterocycles. The van der Waals surface area contributed by atoms with E-state index in [2.05, 4.69) is 4.98 Å². The number of ether oxygens (including phenoxy) is 1. The zero-order valence-corrected chi connectivity index (χ0v) is 12.1. The molecule has 0 aliphatic rings. The number of carbonyl (C=O) groups is 1. The molecule has 0 saturated heterocycles. The zero-order chi connectivity index (χ0) is 13.8. The summed E-state index contributed by atoms with van der Waals surface area (Å²) < 4.78 is 4.94. The fourth-order valence-corrected chi connectivity index (χ4v) is 2.50. The van der Waals surface area contributed by atoms with Crippen LogP contribution in [0.2, 0.25) is 0 Å². The van der Waals surface area contributed by atoms with Gasteiger partial charge in [-0.25, -0.2) is 4.98 Å². The molecular weight excluding hydrogens is 248 g/mol. The number of esters is 1. The van der Waals surface area contributed by atoms with Crippen molar-refractivity contribution in [2.45, 2.75) is 38.3 Å². The predicted octanol–water partition coefficient (Wildman–Crippen LogP) is 2.07. The number of carbonyl (C=O) groups excluding carboxylic acids is 1. The summed E-state index contributed by atoms with van der Waals surface area (Å²) in [7, 11) is 0. The summed E-state index contributed by atoms with van der Waals surface area (Å²) in [5.41, 5.74) is 7.08. The molecule has 0 fully saturated rings. The van der Waals surface area contributed by atoms with E-state index in [1.807, 2.05) is 26.0 Å². The highest BCUT2D eigenvalue weighted by molar-refractivity contribution is 7.99. The lowest BCUT2D eigenvalue weighted by molar-refractivity contribution is -0.148. The van der Waals surface area contributed by atoms with Crippen LogP contribution in [0, 0.1) is 13.8 Å². The average Bonchev–Trinajstić information content (AvgIpc) is 2.25. The number of hydrogen-bond acceptors (Lipinski definition) is 5. The number of nitrogens with zero attached hydrogens (tertiary/aromatic N) is 1. The molecular formula is C13H20N2O2S. The number of hydrogen-bond donors (Lipinski definition) is 1. The first-order valence-corrected chi connectivity index (χ1v) is 6.88. The molecule has 1 aromatic heterocycles. The van der Waals surface area contributed by atoms with Gasteiger partial charge in [0.05, 0.1) is 11.6 Å². The second-order valence-corrected chi connectivity index (χ2v) is 5.55. The predicted molar refractivity (Wildman–Crippen MR) is 73.7 cm³/mol. The molecule has 1 rings (SSSR count). The van der Waals surface area contributed by atoms with Gasteiger partial charge in [-0.15, -0.1) is 11.8 Å². The van der Waals surface area contributed by atoms with Crippen molar-refractivity contribution in [2.24, 2.45) is 5.73 Å². The molecule has 0 aromatic carbocycles. The van der Waals surface area contributed by atoms with E-state index in [9.17, 15) is 4.79 Å². The first-order chi connectivity index (χ1) is 8.35. The third kappa shape index (κ3) is 4.31. The van der Waals surface area contributed by atoms with Gasteiger partial charge in [-0.05, 0) is 45.4 Å². The molecule has 0 aliphatic heterocycles. The van der Waals surface area contributed by atoms with Gasteiger partial charge in [-0.1, -0.05) is 0 Å². The standard InChI is InChI=1S/C13H20N2O2S/c1-5-17-12(16)13(4,14)8-18-11-7-9(2)6-10(3)15-11/h6-7H,5,8,14H2,1-4H3. The zero-order valence-electron chi connectivity index (χ0n) is 11.3. The van der Waals surface area contributed by atoms with Crippen LogP contribution in [0.15, 0.2) is 17.2 Å². The summed E-state index contributed by atoms with van der Waals surface area (Å²) in [4.78, 5) is 16.0. The monoisotopic (exact) mass is 268 g/mol. The molecule has 18 heavy (non-hydrogen) atoms. The van der Waals surface area contributed by atoms with Gasteiger partial charge >= 0.3 is 5.97 Å². The SMILES string of the molecule is CCOC(=O)C(C)(N)CSc1cc(C)cc(C)n1. The van der Waals surface area contributed by atoms with Gasteiger partial charge in [0.1, 0.15) is 5.54 Å². The Morgan fingerprint density at radius 1 is 1.50 bits per heavy atom. The Bertz CT molecular complexity index is 413. The third-order valence-corrected chi connectivity index (χ3v) is 3.58. The molecule has 1 unspecified atom stereocenters. The van der Waals surface area contributed by atoms with Crippen molar-refractivity contribution < 1.29 is 9.53 Å². The molecule has 0 saturated carbocycles. The maximum Gasteiger partial charge on any atom is 0.326 e. The van der Waals surface area contributed by atoms with E-state index in [-0.39, 0.29) is 5.97 Å². The second kappa shape index (κ2) is 6.20. The van der Waals surface area contributed by atoms with Crippen LogP contribution in [-0.4, -0.2) is 28.9 Å². The first kappa shape index (κ1) is 15.0. The molecule has 0 spiro atoms. The van der Waals surface area contributed by atoms with E-state index in [1.165, 1.54) is 11.8 Å². The van der Waals surface area contributed by atoms with Gasteiger partial charge in [-0.2, -0.15) is 0 Å². The summed E-state index contributed by atoms with van der Waals surface area (Å²) in [5, 5.41) is 0.883. The van der Waals surface area contributed by atoms with E-state index in [0.717, 1.165) is 16.3 Å². The summed E-state index contributed by atoms with van der Waals surface area (Å²) in [6, 6.07) is 4.00. The number of rotatable bonds is 5. The fraction of sp³-hybridized carbons (Fsp3) is 0.538. The molecule has 1 aromatic rings. The van der Waals surface area contributed by atoms with Crippen LogP contribution in [0.1, 0.15) is 25.1 Å². The van der Waals surface area contributed by atoms with Crippen LogP contribution in [-0.2, 0) is 9.53 Å². The van der Waals surface area contributed by atoms with Crippen molar-refractivity contribution in [1.82, 2.24) is 4.98 Å². The van der Waals surface area contributed by atoms with E-state index >= 15 is 0 Å². The van der Waals surface area contributed by atoms with Crippen LogP contribution in [0.5, 0.6) is 0 Å². The Kier molecular flexibility index (Phi) is 5.16. The summed E-state index contributed by atoms with van der Waals surface area (Å²) in [6.45, 7) is 7.76. The lowest BCUT2D eigenvalue weighted by Crippen LogP contribution is -2.48. The molecule has 2 N–H and O–H groups in total. The van der Waals surface area contributed by atoms with Gasteiger partial charge in [-0.3, -0.25) is 4.79 Å². The Labute approximate surface area is 112 Å². The molecule has 5 heteroatoms. The summed E-state index contributed by atoms with van der Waals surface area (Å²) in [6.07, 6.45) is 0. The van der Waals surface area contributed by atoms with Crippen molar-refractivity contribution in [1.29, 1.82) is 0 Å². The van der Waals surface area contributed by atoms with Crippen molar-refractivity contribution in [2.75, 3.05) is 12.4 Å². The average molecular weight is 268 g/mol. The Morgan fingerprint density at radius 3 is 2.72 bits per heavy atom. The highest BCUT2D eigenvalue weighted by atomic mass is 32.2. The van der Waals surface area contributed by atoms with Crippen LogP contribution in [0.4, 0.5) is 0 Å². The second-order valence-electron chi connectivity index (χ2n) is 4.55. The lowest BCUT2D eigenvalue weighted by Gasteiger charge is -2.21. The number of nitrogens with two attached hydrogens (primary N) is 1. The van der Waals surface area contributed by atoms with E-state index in [4.69, 9.17) is 10.5 Å². The van der Waals surface area contributed by atoms with E-state index in [0.29, 0.717) is 12.4 Å². The highest BCUT2D eigenvalue weighted by Crippen LogP contribution is 2.22. The molecule has 1 atom stereocenters. The lowest BCUT2D eigenvalue weighted by atomic mass is 10.1. The summed E-state index contributed by atoms with van der Waals surface area (Å²) >= 11 is 1.47. The Morgan fingerprint density at radius 2 is 2.17 bits per heavy atom. The maximum absolute atomic E-state index is 11.6. The minimum absolute atomic E-state index is 0.345. The van der Waals surface area contributed by atoms with Crippen molar-refractivity contribution >= 4 is 17.7 Å². The highest BCUT2D eigenvalue weighted by Gasteiger charge is 2.30. The quantitative estimate of drug-likeness (QED) is 0.654. The molecule has 0 radical (unpaired) electrons. The normalized spacial score (nSPS) is 14.1. The van der Waals surface area contributed by atoms with Crippen molar-refractivity contribution in [3.05, 3.63) is 23.4 Å². The first-order valence-electron chi connectivity index (χ1n) is 5.89. The number of aryl methyl sites for hydroxylation is 2. The molecule has 100 valence electrons. The summed E-state index contributed by atoms with van der Waals surface area (Å²) in [5.74, 6) is 0.0729. The van der Waals surface area contributed by atoms with Gasteiger partial charge in [0, 0.05) is 11.4 Å². The van der Waals surface area contributed by atoms with Crippen molar-refractivity contribution in [3.63, 3.8) is 0 Å². The van der Waals surface area contributed by atoms with Crippen LogP contribution >= 0.6 is 11.8 Å². The van der Waals surface area contributed by atoms with E-state index in [1.54, 1.807) is 13.8 Å². The topological polar surface area (TPSA) is 65.2 Å². The largest absolute Gasteiger partial charge is 0.465 e.